The van der Waals surface area contributed by atoms with Crippen LogP contribution in [0.1, 0.15) is 31.5 Å². The van der Waals surface area contributed by atoms with Crippen molar-refractivity contribution in [3.8, 4) is 0 Å². The first-order valence-electron chi connectivity index (χ1n) is 6.21. The fourth-order valence-electron chi connectivity index (χ4n) is 2.03. The molecule has 0 aromatic carbocycles. The zero-order chi connectivity index (χ0) is 11.9. The predicted octanol–water partition coefficient (Wildman–Crippen LogP) is -0.00440. The smallest absolute Gasteiger partial charge is 0.237 e. The fraction of sp³-hybridized carbons (Fsp3) is 0.727. The van der Waals surface area contributed by atoms with Crippen molar-refractivity contribution in [2.24, 2.45) is 0 Å². The number of hydrogen-bond acceptors (Lipinski definition) is 4. The highest BCUT2D eigenvalue weighted by Gasteiger charge is 2.18. The highest BCUT2D eigenvalue weighted by molar-refractivity contribution is 5.81. The van der Waals surface area contributed by atoms with Gasteiger partial charge in [0, 0.05) is 13.0 Å². The summed E-state index contributed by atoms with van der Waals surface area (Å²) in [6.45, 7) is 1.55. The predicted molar refractivity (Wildman–Crippen MR) is 63.4 cm³/mol. The molecule has 1 unspecified atom stereocenters. The number of hydrogen-bond donors (Lipinski definition) is 3. The number of aromatic amines is 1. The lowest BCUT2D eigenvalue weighted by molar-refractivity contribution is -0.123. The Labute approximate surface area is 101 Å². The molecule has 17 heavy (non-hydrogen) atoms. The number of carbonyl (C=O) groups excluding carboxylic acids is 1. The molecule has 1 amide bonds. The van der Waals surface area contributed by atoms with E-state index >= 15 is 0 Å². The van der Waals surface area contributed by atoms with Gasteiger partial charge in [0.25, 0.3) is 0 Å². The molecular formula is C11H19N5O. The number of H-pyrrole nitrogens is 1. The Bertz CT molecular complexity index is 330. The van der Waals surface area contributed by atoms with Crippen LogP contribution in [-0.2, 0) is 11.2 Å². The van der Waals surface area contributed by atoms with E-state index < -0.39 is 0 Å². The lowest BCUT2D eigenvalue weighted by atomic mass is 10.1. The zero-order valence-corrected chi connectivity index (χ0v) is 9.91. The normalized spacial score (nSPS) is 20.8. The Morgan fingerprint density at radius 3 is 3.24 bits per heavy atom. The van der Waals surface area contributed by atoms with Crippen LogP contribution >= 0.6 is 0 Å². The fourth-order valence-corrected chi connectivity index (χ4v) is 2.03. The standard InChI is InChI=1S/C11H19N5O/c17-11(9-4-2-1-3-6-12-9)13-7-5-10-14-8-15-16-10/h8-9,12H,1-7H2,(H,13,17)(H,14,15,16). The highest BCUT2D eigenvalue weighted by Crippen LogP contribution is 2.08. The Balaban J connectivity index is 1.69. The quantitative estimate of drug-likeness (QED) is 0.688. The number of aromatic nitrogens is 3. The Morgan fingerprint density at radius 2 is 2.41 bits per heavy atom. The average Bonchev–Trinajstić information content (AvgIpc) is 2.69. The number of amides is 1. The first-order valence-corrected chi connectivity index (χ1v) is 6.21. The van der Waals surface area contributed by atoms with Crippen LogP contribution in [0.5, 0.6) is 0 Å². The number of nitrogens with one attached hydrogen (secondary N) is 3. The molecule has 1 aliphatic heterocycles. The molecule has 1 aromatic rings. The Kier molecular flexibility index (Phi) is 4.49. The first-order chi connectivity index (χ1) is 8.36. The maximum absolute atomic E-state index is 11.9. The minimum Gasteiger partial charge on any atom is -0.354 e. The van der Waals surface area contributed by atoms with Gasteiger partial charge in [0.1, 0.15) is 12.2 Å². The molecule has 2 rings (SSSR count). The molecule has 0 saturated carbocycles. The summed E-state index contributed by atoms with van der Waals surface area (Å²) in [6.07, 6.45) is 6.63. The van der Waals surface area contributed by atoms with Crippen molar-refractivity contribution in [1.82, 2.24) is 25.8 Å². The first kappa shape index (κ1) is 12.0. The van der Waals surface area contributed by atoms with Crippen LogP contribution in [0.4, 0.5) is 0 Å². The summed E-state index contributed by atoms with van der Waals surface area (Å²) in [5.74, 6) is 0.908. The molecular weight excluding hydrogens is 218 g/mol. The summed E-state index contributed by atoms with van der Waals surface area (Å²) in [5, 5.41) is 12.7. The van der Waals surface area contributed by atoms with E-state index in [1.807, 2.05) is 0 Å². The van der Waals surface area contributed by atoms with Crippen molar-refractivity contribution in [3.63, 3.8) is 0 Å². The van der Waals surface area contributed by atoms with E-state index in [1.54, 1.807) is 0 Å². The van der Waals surface area contributed by atoms with Gasteiger partial charge in [0.2, 0.25) is 5.91 Å². The molecule has 0 aliphatic carbocycles. The largest absolute Gasteiger partial charge is 0.354 e. The maximum atomic E-state index is 11.9. The summed E-state index contributed by atoms with van der Waals surface area (Å²) in [4.78, 5) is 15.9. The van der Waals surface area contributed by atoms with Gasteiger partial charge >= 0.3 is 0 Å². The summed E-state index contributed by atoms with van der Waals surface area (Å²) in [7, 11) is 0. The van der Waals surface area contributed by atoms with Crippen LogP contribution in [0, 0.1) is 0 Å². The molecule has 1 aromatic heterocycles. The van der Waals surface area contributed by atoms with Crippen molar-refractivity contribution in [2.75, 3.05) is 13.1 Å². The summed E-state index contributed by atoms with van der Waals surface area (Å²) < 4.78 is 0. The lowest BCUT2D eigenvalue weighted by Crippen LogP contribution is -2.44. The van der Waals surface area contributed by atoms with Crippen LogP contribution in [0.15, 0.2) is 6.33 Å². The minimum atomic E-state index is -0.0211. The molecule has 1 fully saturated rings. The Hall–Kier alpha value is -1.43. The summed E-state index contributed by atoms with van der Waals surface area (Å²) >= 11 is 0. The van der Waals surface area contributed by atoms with Gasteiger partial charge in [-0.15, -0.1) is 0 Å². The van der Waals surface area contributed by atoms with E-state index in [2.05, 4.69) is 25.8 Å². The van der Waals surface area contributed by atoms with E-state index in [1.165, 1.54) is 19.2 Å². The lowest BCUT2D eigenvalue weighted by Gasteiger charge is -2.15. The molecule has 0 radical (unpaired) electrons. The van der Waals surface area contributed by atoms with Gasteiger partial charge in [0.05, 0.1) is 6.04 Å². The van der Waals surface area contributed by atoms with Crippen molar-refractivity contribution in [3.05, 3.63) is 12.2 Å². The molecule has 0 bridgehead atoms. The van der Waals surface area contributed by atoms with Crippen LogP contribution in [0.3, 0.4) is 0 Å². The van der Waals surface area contributed by atoms with Crippen LogP contribution in [0.25, 0.3) is 0 Å². The van der Waals surface area contributed by atoms with Gasteiger partial charge in [-0.3, -0.25) is 9.89 Å². The second-order valence-corrected chi connectivity index (χ2v) is 4.33. The van der Waals surface area contributed by atoms with Crippen LogP contribution < -0.4 is 10.6 Å². The summed E-state index contributed by atoms with van der Waals surface area (Å²) in [5.41, 5.74) is 0. The monoisotopic (exact) mass is 237 g/mol. The average molecular weight is 237 g/mol. The topological polar surface area (TPSA) is 82.7 Å². The van der Waals surface area contributed by atoms with Gasteiger partial charge < -0.3 is 10.6 Å². The van der Waals surface area contributed by atoms with Gasteiger partial charge in [-0.05, 0) is 19.4 Å². The van der Waals surface area contributed by atoms with Crippen molar-refractivity contribution < 1.29 is 4.79 Å². The van der Waals surface area contributed by atoms with E-state index in [0.29, 0.717) is 13.0 Å². The SMILES string of the molecule is O=C(NCCc1ncn[nH]1)C1CCCCCN1. The second-order valence-electron chi connectivity index (χ2n) is 4.33. The number of carbonyl (C=O) groups is 1. The molecule has 1 saturated heterocycles. The van der Waals surface area contributed by atoms with Gasteiger partial charge in [-0.2, -0.15) is 5.10 Å². The number of nitrogens with zero attached hydrogens (tertiary/aromatic N) is 2. The van der Waals surface area contributed by atoms with Crippen LogP contribution in [0.2, 0.25) is 0 Å². The van der Waals surface area contributed by atoms with Gasteiger partial charge in [0.15, 0.2) is 0 Å². The number of rotatable bonds is 4. The van der Waals surface area contributed by atoms with E-state index in [0.717, 1.165) is 25.2 Å². The van der Waals surface area contributed by atoms with Gasteiger partial charge in [-0.1, -0.05) is 12.8 Å². The van der Waals surface area contributed by atoms with Gasteiger partial charge in [-0.25, -0.2) is 4.98 Å². The molecule has 6 nitrogen and oxygen atoms in total. The second kappa shape index (κ2) is 6.34. The third-order valence-electron chi connectivity index (χ3n) is 3.00. The molecule has 1 aliphatic rings. The summed E-state index contributed by atoms with van der Waals surface area (Å²) in [6, 6.07) is -0.0211. The third-order valence-corrected chi connectivity index (χ3v) is 3.00. The molecule has 0 spiro atoms. The Morgan fingerprint density at radius 1 is 1.47 bits per heavy atom. The molecule has 1 atom stereocenters. The third kappa shape index (κ3) is 3.81. The molecule has 94 valence electrons. The van der Waals surface area contributed by atoms with Crippen molar-refractivity contribution in [1.29, 1.82) is 0 Å². The highest BCUT2D eigenvalue weighted by atomic mass is 16.2. The van der Waals surface area contributed by atoms with E-state index in [9.17, 15) is 4.79 Å². The molecule has 2 heterocycles. The van der Waals surface area contributed by atoms with E-state index in [4.69, 9.17) is 0 Å². The van der Waals surface area contributed by atoms with E-state index in [-0.39, 0.29) is 11.9 Å². The molecule has 6 heteroatoms. The van der Waals surface area contributed by atoms with Crippen molar-refractivity contribution >= 4 is 5.91 Å². The molecule has 3 N–H and O–H groups in total. The van der Waals surface area contributed by atoms with Crippen LogP contribution in [-0.4, -0.2) is 40.2 Å². The minimum absolute atomic E-state index is 0.0211. The zero-order valence-electron chi connectivity index (χ0n) is 9.91. The maximum Gasteiger partial charge on any atom is 0.237 e. The van der Waals surface area contributed by atoms with Crippen molar-refractivity contribution in [2.45, 2.75) is 38.1 Å².